The molecule has 2 fully saturated rings. The van der Waals surface area contributed by atoms with Crippen LogP contribution in [0.15, 0.2) is 47.4 Å². The van der Waals surface area contributed by atoms with Crippen molar-refractivity contribution < 1.29 is 24.2 Å². The van der Waals surface area contributed by atoms with Gasteiger partial charge in [0.2, 0.25) is 0 Å². The number of carbonyl (C=O) groups excluding carboxylic acids is 2. The van der Waals surface area contributed by atoms with Crippen LogP contribution in [-0.2, 0) is 14.3 Å². The summed E-state index contributed by atoms with van der Waals surface area (Å²) in [6, 6.07) is 10.3. The molecule has 1 unspecified atom stereocenters. The van der Waals surface area contributed by atoms with Crippen LogP contribution in [0.1, 0.15) is 42.7 Å². The number of hydrogen-bond donors (Lipinski definition) is 1. The first-order valence-electron chi connectivity index (χ1n) is 11.9. The fourth-order valence-corrected chi connectivity index (χ4v) is 5.21. The number of ketones is 1. The van der Waals surface area contributed by atoms with E-state index in [4.69, 9.17) is 9.47 Å². The molecule has 34 heavy (non-hydrogen) atoms. The van der Waals surface area contributed by atoms with Gasteiger partial charge in [0.05, 0.1) is 31.4 Å². The second kappa shape index (κ2) is 11.6. The zero-order valence-electron chi connectivity index (χ0n) is 19.6. The minimum Gasteiger partial charge on any atom is -0.507 e. The Kier molecular flexibility index (Phi) is 8.37. The third kappa shape index (κ3) is 5.51. The molecule has 1 atom stereocenters. The molecule has 1 aromatic carbocycles. The van der Waals surface area contributed by atoms with Gasteiger partial charge in [-0.25, -0.2) is 0 Å². The normalized spacial score (nSPS) is 20.7. The Morgan fingerprint density at radius 3 is 2.71 bits per heavy atom. The second-order valence-electron chi connectivity index (χ2n) is 8.55. The Morgan fingerprint density at radius 1 is 1.15 bits per heavy atom. The van der Waals surface area contributed by atoms with Crippen LogP contribution in [0, 0.1) is 0 Å². The van der Waals surface area contributed by atoms with Crippen LogP contribution in [0.5, 0.6) is 5.75 Å². The maximum absolute atomic E-state index is 13.1. The standard InChI is InChI=1S/C26H32N2O5S/c1-2-3-14-33-20-8-4-7-19(18-20)24(29)22-23(21-9-5-17-34-21)28(26(31)25(22)30)11-6-10-27-12-15-32-16-13-27/h4-5,7-9,17-18,23,29H,2-3,6,10-16H2,1H3. The van der Waals surface area contributed by atoms with Crippen molar-refractivity contribution in [1.82, 2.24) is 9.80 Å². The summed E-state index contributed by atoms with van der Waals surface area (Å²) < 4.78 is 11.2. The quantitative estimate of drug-likeness (QED) is 0.237. The number of carbonyl (C=O) groups is 2. The largest absolute Gasteiger partial charge is 0.507 e. The highest BCUT2D eigenvalue weighted by atomic mass is 32.1. The molecule has 1 amide bonds. The molecule has 8 heteroatoms. The van der Waals surface area contributed by atoms with E-state index >= 15 is 0 Å². The topological polar surface area (TPSA) is 79.3 Å². The van der Waals surface area contributed by atoms with Crippen molar-refractivity contribution in [3.63, 3.8) is 0 Å². The van der Waals surface area contributed by atoms with Crippen molar-refractivity contribution in [2.75, 3.05) is 46.0 Å². The smallest absolute Gasteiger partial charge is 0.295 e. The molecule has 2 aromatic rings. The van der Waals surface area contributed by atoms with Crippen molar-refractivity contribution in [2.24, 2.45) is 0 Å². The van der Waals surface area contributed by atoms with Gasteiger partial charge in [-0.15, -0.1) is 11.3 Å². The number of hydrogen-bond acceptors (Lipinski definition) is 7. The number of thiophene rings is 1. The van der Waals surface area contributed by atoms with Crippen LogP contribution in [0.4, 0.5) is 0 Å². The van der Waals surface area contributed by atoms with Crippen molar-refractivity contribution in [3.05, 3.63) is 57.8 Å². The van der Waals surface area contributed by atoms with Crippen LogP contribution in [-0.4, -0.2) is 72.6 Å². The van der Waals surface area contributed by atoms with Gasteiger partial charge in [0.25, 0.3) is 11.7 Å². The van der Waals surface area contributed by atoms with Gasteiger partial charge >= 0.3 is 0 Å². The first kappa shape index (κ1) is 24.4. The van der Waals surface area contributed by atoms with Gasteiger partial charge < -0.3 is 19.5 Å². The summed E-state index contributed by atoms with van der Waals surface area (Å²) in [5.74, 6) is -0.727. The van der Waals surface area contributed by atoms with Crippen LogP contribution in [0.3, 0.4) is 0 Å². The lowest BCUT2D eigenvalue weighted by Crippen LogP contribution is -2.38. The van der Waals surface area contributed by atoms with Crippen molar-refractivity contribution in [1.29, 1.82) is 0 Å². The second-order valence-corrected chi connectivity index (χ2v) is 9.52. The fraction of sp³-hybridized carbons (Fsp3) is 0.462. The number of unbranched alkanes of at least 4 members (excludes halogenated alkanes) is 1. The highest BCUT2D eigenvalue weighted by Crippen LogP contribution is 2.41. The fourth-order valence-electron chi connectivity index (χ4n) is 4.37. The van der Waals surface area contributed by atoms with E-state index < -0.39 is 17.7 Å². The zero-order valence-corrected chi connectivity index (χ0v) is 20.4. The molecular weight excluding hydrogens is 452 g/mol. The minimum atomic E-state index is -0.639. The van der Waals surface area contributed by atoms with Crippen molar-refractivity contribution in [3.8, 4) is 5.75 Å². The average Bonchev–Trinajstić information content (AvgIpc) is 3.47. The number of aliphatic hydroxyl groups is 1. The molecule has 7 nitrogen and oxygen atoms in total. The Hall–Kier alpha value is -2.68. The number of Topliss-reactive ketones (excluding diaryl/α,β-unsaturated/α-hetero) is 1. The van der Waals surface area contributed by atoms with Crippen LogP contribution >= 0.6 is 11.3 Å². The Balaban J connectivity index is 1.59. The number of ether oxygens (including phenoxy) is 2. The van der Waals surface area contributed by atoms with Crippen molar-refractivity contribution in [2.45, 2.75) is 32.2 Å². The molecule has 0 saturated carbocycles. The molecule has 2 aliphatic rings. The predicted molar refractivity (Wildman–Crippen MR) is 132 cm³/mol. The molecule has 0 spiro atoms. The van der Waals surface area contributed by atoms with Crippen LogP contribution in [0.25, 0.3) is 5.76 Å². The number of nitrogens with zero attached hydrogens (tertiary/aromatic N) is 2. The monoisotopic (exact) mass is 484 g/mol. The first-order valence-corrected chi connectivity index (χ1v) is 12.8. The van der Waals surface area contributed by atoms with E-state index in [-0.39, 0.29) is 11.3 Å². The van der Waals surface area contributed by atoms with Gasteiger partial charge in [-0.05, 0) is 36.4 Å². The molecule has 0 aliphatic carbocycles. The molecule has 0 bridgehead atoms. The maximum atomic E-state index is 13.1. The Labute approximate surface area is 204 Å². The number of morpholine rings is 1. The van der Waals surface area contributed by atoms with Gasteiger partial charge in [0.1, 0.15) is 11.5 Å². The van der Waals surface area contributed by atoms with Gasteiger partial charge in [-0.3, -0.25) is 14.5 Å². The molecule has 3 heterocycles. The van der Waals surface area contributed by atoms with E-state index in [1.807, 2.05) is 23.6 Å². The van der Waals surface area contributed by atoms with E-state index in [0.29, 0.717) is 24.5 Å². The number of likely N-dealkylation sites (tertiary alicyclic amines) is 1. The summed E-state index contributed by atoms with van der Waals surface area (Å²) in [4.78, 5) is 31.0. The third-order valence-electron chi connectivity index (χ3n) is 6.20. The summed E-state index contributed by atoms with van der Waals surface area (Å²) in [6.07, 6.45) is 2.70. The van der Waals surface area contributed by atoms with Gasteiger partial charge in [0, 0.05) is 36.6 Å². The van der Waals surface area contributed by atoms with Crippen molar-refractivity contribution >= 4 is 28.8 Å². The lowest BCUT2D eigenvalue weighted by molar-refractivity contribution is -0.140. The van der Waals surface area contributed by atoms with E-state index in [1.165, 1.54) is 11.3 Å². The summed E-state index contributed by atoms with van der Waals surface area (Å²) in [7, 11) is 0. The lowest BCUT2D eigenvalue weighted by Gasteiger charge is -2.28. The van der Waals surface area contributed by atoms with Gasteiger partial charge in [-0.1, -0.05) is 31.5 Å². The number of aliphatic hydroxyl groups excluding tert-OH is 1. The lowest BCUT2D eigenvalue weighted by atomic mass is 9.99. The zero-order chi connectivity index (χ0) is 23.9. The van der Waals surface area contributed by atoms with Gasteiger partial charge in [-0.2, -0.15) is 0 Å². The summed E-state index contributed by atoms with van der Waals surface area (Å²) in [5, 5.41) is 13.1. The van der Waals surface area contributed by atoms with E-state index in [9.17, 15) is 14.7 Å². The average molecular weight is 485 g/mol. The van der Waals surface area contributed by atoms with Crippen LogP contribution < -0.4 is 4.74 Å². The minimum absolute atomic E-state index is 0.143. The molecule has 2 saturated heterocycles. The molecular formula is C26H32N2O5S. The van der Waals surface area contributed by atoms with Gasteiger partial charge in [0.15, 0.2) is 0 Å². The van der Waals surface area contributed by atoms with E-state index in [2.05, 4.69) is 11.8 Å². The number of benzene rings is 1. The van der Waals surface area contributed by atoms with Crippen LogP contribution in [0.2, 0.25) is 0 Å². The summed E-state index contributed by atoms with van der Waals surface area (Å²) >= 11 is 1.48. The Morgan fingerprint density at radius 2 is 1.97 bits per heavy atom. The van der Waals surface area contributed by atoms with E-state index in [1.54, 1.807) is 23.1 Å². The first-order chi connectivity index (χ1) is 16.6. The SMILES string of the molecule is CCCCOc1cccc(C(O)=C2C(=O)C(=O)N(CCCN3CCOCC3)C2c2cccs2)c1. The van der Waals surface area contributed by atoms with E-state index in [0.717, 1.165) is 57.0 Å². The predicted octanol–water partition coefficient (Wildman–Crippen LogP) is 4.07. The maximum Gasteiger partial charge on any atom is 0.295 e. The summed E-state index contributed by atoms with van der Waals surface area (Å²) in [6.45, 7) is 7.16. The molecule has 2 aliphatic heterocycles. The molecule has 0 radical (unpaired) electrons. The number of amides is 1. The number of rotatable bonds is 10. The highest BCUT2D eigenvalue weighted by molar-refractivity contribution is 7.10. The molecule has 1 aromatic heterocycles. The summed E-state index contributed by atoms with van der Waals surface area (Å²) in [5.41, 5.74) is 0.617. The molecule has 182 valence electrons. The Bertz CT molecular complexity index is 1010. The third-order valence-corrected chi connectivity index (χ3v) is 7.13. The molecule has 1 N–H and O–H groups in total. The highest BCUT2D eigenvalue weighted by Gasteiger charge is 2.46. The molecule has 4 rings (SSSR count).